The Bertz CT molecular complexity index is 761. The first-order valence-electron chi connectivity index (χ1n) is 8.31. The Morgan fingerprint density at radius 2 is 2.00 bits per heavy atom. The van der Waals surface area contributed by atoms with Gasteiger partial charge in [-0.25, -0.2) is 4.79 Å². The molecule has 0 radical (unpaired) electrons. The Balaban J connectivity index is 1.42. The molecule has 8 heteroatoms. The van der Waals surface area contributed by atoms with E-state index in [9.17, 15) is 14.4 Å². The zero-order valence-electron chi connectivity index (χ0n) is 13.8. The van der Waals surface area contributed by atoms with E-state index in [1.54, 1.807) is 25.1 Å². The van der Waals surface area contributed by atoms with Gasteiger partial charge < -0.3 is 20.1 Å². The SMILES string of the molecule is C[C@]1(C2CC2)NC(=O)N(CC(=O)Nc2ccc3c(c2)OCCO3)C1=O. The van der Waals surface area contributed by atoms with Crippen molar-refractivity contribution in [3.05, 3.63) is 18.2 Å². The molecule has 8 nitrogen and oxygen atoms in total. The van der Waals surface area contributed by atoms with Gasteiger partial charge in [0, 0.05) is 11.8 Å². The summed E-state index contributed by atoms with van der Waals surface area (Å²) in [6.07, 6.45) is 1.83. The van der Waals surface area contributed by atoms with E-state index in [0.717, 1.165) is 17.7 Å². The summed E-state index contributed by atoms with van der Waals surface area (Å²) in [7, 11) is 0. The summed E-state index contributed by atoms with van der Waals surface area (Å²) in [5, 5.41) is 5.41. The summed E-state index contributed by atoms with van der Waals surface area (Å²) in [5.41, 5.74) is -0.361. The second kappa shape index (κ2) is 5.65. The van der Waals surface area contributed by atoms with Crippen LogP contribution in [-0.2, 0) is 9.59 Å². The lowest BCUT2D eigenvalue weighted by molar-refractivity contribution is -0.134. The van der Waals surface area contributed by atoms with Gasteiger partial charge in [0.1, 0.15) is 25.3 Å². The number of hydrogen-bond donors (Lipinski definition) is 2. The van der Waals surface area contributed by atoms with Crippen LogP contribution >= 0.6 is 0 Å². The number of hydrogen-bond acceptors (Lipinski definition) is 5. The molecule has 1 aromatic carbocycles. The summed E-state index contributed by atoms with van der Waals surface area (Å²) in [6, 6.07) is 4.54. The monoisotopic (exact) mass is 345 g/mol. The van der Waals surface area contributed by atoms with Gasteiger partial charge in [0.15, 0.2) is 11.5 Å². The highest BCUT2D eigenvalue weighted by Crippen LogP contribution is 2.42. The van der Waals surface area contributed by atoms with E-state index in [0.29, 0.717) is 30.4 Å². The molecule has 1 aromatic rings. The maximum atomic E-state index is 12.5. The maximum absolute atomic E-state index is 12.5. The average molecular weight is 345 g/mol. The third-order valence-corrected chi connectivity index (χ3v) is 4.82. The molecule has 2 heterocycles. The molecule has 0 spiro atoms. The number of benzene rings is 1. The first kappa shape index (κ1) is 15.7. The van der Waals surface area contributed by atoms with Gasteiger partial charge in [-0.2, -0.15) is 0 Å². The fourth-order valence-corrected chi connectivity index (χ4v) is 3.26. The molecule has 132 valence electrons. The molecule has 1 aliphatic carbocycles. The molecule has 3 aliphatic rings. The van der Waals surface area contributed by atoms with Gasteiger partial charge in [0.05, 0.1) is 0 Å². The smallest absolute Gasteiger partial charge is 0.325 e. The normalized spacial score (nSPS) is 24.9. The van der Waals surface area contributed by atoms with Crippen molar-refractivity contribution in [3.63, 3.8) is 0 Å². The summed E-state index contributed by atoms with van der Waals surface area (Å²) in [6.45, 7) is 2.35. The van der Waals surface area contributed by atoms with Crippen LogP contribution in [0, 0.1) is 5.92 Å². The second-order valence-electron chi connectivity index (χ2n) is 6.70. The van der Waals surface area contributed by atoms with Crippen molar-refractivity contribution in [2.24, 2.45) is 5.92 Å². The largest absolute Gasteiger partial charge is 0.486 e. The van der Waals surface area contributed by atoms with Crippen molar-refractivity contribution in [3.8, 4) is 11.5 Å². The van der Waals surface area contributed by atoms with E-state index >= 15 is 0 Å². The zero-order valence-corrected chi connectivity index (χ0v) is 13.8. The van der Waals surface area contributed by atoms with Crippen LogP contribution < -0.4 is 20.1 Å². The third-order valence-electron chi connectivity index (χ3n) is 4.82. The minimum atomic E-state index is -0.881. The average Bonchev–Trinajstić information content (AvgIpc) is 3.41. The van der Waals surface area contributed by atoms with E-state index in [4.69, 9.17) is 9.47 Å². The molecule has 0 bridgehead atoms. The third kappa shape index (κ3) is 2.77. The second-order valence-corrected chi connectivity index (χ2v) is 6.70. The fourth-order valence-electron chi connectivity index (χ4n) is 3.26. The van der Waals surface area contributed by atoms with Crippen LogP contribution in [0.5, 0.6) is 11.5 Å². The van der Waals surface area contributed by atoms with Gasteiger partial charge in [-0.3, -0.25) is 14.5 Å². The Kier molecular flexibility index (Phi) is 3.55. The van der Waals surface area contributed by atoms with E-state index in [1.807, 2.05) is 0 Å². The molecular weight excluding hydrogens is 326 g/mol. The van der Waals surface area contributed by atoms with Crippen molar-refractivity contribution in [2.45, 2.75) is 25.3 Å². The number of carbonyl (C=O) groups excluding carboxylic acids is 3. The van der Waals surface area contributed by atoms with Crippen LogP contribution in [0.3, 0.4) is 0 Å². The molecule has 0 aromatic heterocycles. The van der Waals surface area contributed by atoms with Crippen molar-refractivity contribution in [1.29, 1.82) is 0 Å². The number of imide groups is 1. The number of nitrogens with one attached hydrogen (secondary N) is 2. The molecule has 2 aliphatic heterocycles. The molecule has 1 saturated carbocycles. The van der Waals surface area contributed by atoms with Gasteiger partial charge >= 0.3 is 6.03 Å². The highest BCUT2D eigenvalue weighted by Gasteiger charge is 2.56. The van der Waals surface area contributed by atoms with E-state index in [2.05, 4.69) is 10.6 Å². The fraction of sp³-hybridized carbons (Fsp3) is 0.471. The number of carbonyl (C=O) groups is 3. The molecule has 2 N–H and O–H groups in total. The molecule has 0 unspecified atom stereocenters. The molecule has 4 rings (SSSR count). The number of amides is 4. The molecule has 1 saturated heterocycles. The number of rotatable bonds is 4. The van der Waals surface area contributed by atoms with Crippen LogP contribution in [0.15, 0.2) is 18.2 Å². The first-order chi connectivity index (χ1) is 12.0. The van der Waals surface area contributed by atoms with E-state index in [1.165, 1.54) is 0 Å². The first-order valence-corrected chi connectivity index (χ1v) is 8.31. The van der Waals surface area contributed by atoms with Gasteiger partial charge in [0.25, 0.3) is 5.91 Å². The van der Waals surface area contributed by atoms with Crippen LogP contribution in [-0.4, -0.2) is 48.0 Å². The Morgan fingerprint density at radius 1 is 1.28 bits per heavy atom. The predicted octanol–water partition coefficient (Wildman–Crippen LogP) is 1.12. The Morgan fingerprint density at radius 3 is 2.72 bits per heavy atom. The lowest BCUT2D eigenvalue weighted by atomic mass is 9.96. The highest BCUT2D eigenvalue weighted by atomic mass is 16.6. The number of urea groups is 1. The maximum Gasteiger partial charge on any atom is 0.325 e. The van der Waals surface area contributed by atoms with E-state index in [-0.39, 0.29) is 18.4 Å². The zero-order chi connectivity index (χ0) is 17.6. The van der Waals surface area contributed by atoms with Crippen molar-refractivity contribution in [2.75, 3.05) is 25.1 Å². The van der Waals surface area contributed by atoms with Crippen molar-refractivity contribution in [1.82, 2.24) is 10.2 Å². The minimum absolute atomic E-state index is 0.162. The molecule has 2 fully saturated rings. The molecular formula is C17H19N3O5. The van der Waals surface area contributed by atoms with Gasteiger partial charge in [-0.05, 0) is 37.8 Å². The summed E-state index contributed by atoms with van der Waals surface area (Å²) < 4.78 is 10.9. The standard InChI is InChI=1S/C17H19N3O5/c1-17(10-2-3-10)15(22)20(16(23)19-17)9-14(21)18-11-4-5-12-13(8-11)25-7-6-24-12/h4-5,8,10H,2-3,6-7,9H2,1H3,(H,18,21)(H,19,23)/t17-/m1/s1. The van der Waals surface area contributed by atoms with Crippen LogP contribution in [0.1, 0.15) is 19.8 Å². The molecule has 25 heavy (non-hydrogen) atoms. The minimum Gasteiger partial charge on any atom is -0.486 e. The number of nitrogens with zero attached hydrogens (tertiary/aromatic N) is 1. The van der Waals surface area contributed by atoms with Gasteiger partial charge in [0.2, 0.25) is 5.91 Å². The Labute approximate surface area is 144 Å². The molecule has 1 atom stereocenters. The predicted molar refractivity (Wildman–Crippen MR) is 87.4 cm³/mol. The highest BCUT2D eigenvalue weighted by molar-refractivity contribution is 6.10. The number of fused-ring (bicyclic) bond motifs is 1. The molecule has 4 amide bonds. The quantitative estimate of drug-likeness (QED) is 0.797. The number of ether oxygens (including phenoxy) is 2. The Hall–Kier alpha value is -2.77. The van der Waals surface area contributed by atoms with Crippen LogP contribution in [0.2, 0.25) is 0 Å². The summed E-state index contributed by atoms with van der Waals surface area (Å²) in [4.78, 5) is 37.9. The van der Waals surface area contributed by atoms with Gasteiger partial charge in [-0.15, -0.1) is 0 Å². The van der Waals surface area contributed by atoms with E-state index < -0.39 is 17.5 Å². The number of anilines is 1. The van der Waals surface area contributed by atoms with Crippen molar-refractivity contribution >= 4 is 23.5 Å². The van der Waals surface area contributed by atoms with Crippen LogP contribution in [0.25, 0.3) is 0 Å². The lowest BCUT2D eigenvalue weighted by Gasteiger charge is -2.21. The summed E-state index contributed by atoms with van der Waals surface area (Å²) >= 11 is 0. The van der Waals surface area contributed by atoms with Crippen LogP contribution in [0.4, 0.5) is 10.5 Å². The van der Waals surface area contributed by atoms with Crippen molar-refractivity contribution < 1.29 is 23.9 Å². The lowest BCUT2D eigenvalue weighted by Crippen LogP contribution is -2.46. The summed E-state index contributed by atoms with van der Waals surface area (Å²) in [5.74, 6) is 0.561. The topological polar surface area (TPSA) is 97.0 Å². The van der Waals surface area contributed by atoms with Gasteiger partial charge in [-0.1, -0.05) is 0 Å².